The first-order chi connectivity index (χ1) is 16.6. The fourth-order valence-electron chi connectivity index (χ4n) is 4.83. The van der Waals surface area contributed by atoms with Crippen LogP contribution in [0.5, 0.6) is 5.75 Å². The van der Waals surface area contributed by atoms with Crippen molar-refractivity contribution in [1.82, 2.24) is 14.5 Å². The smallest absolute Gasteiger partial charge is 0.341 e. The van der Waals surface area contributed by atoms with E-state index in [1.165, 1.54) is 10.9 Å². The molecule has 1 saturated heterocycles. The van der Waals surface area contributed by atoms with Gasteiger partial charge in [0.25, 0.3) is 0 Å². The minimum atomic E-state index is -0.339. The number of carbonyl (C=O) groups excluding carboxylic acids is 1. The summed E-state index contributed by atoms with van der Waals surface area (Å²) < 4.78 is 18.4. The van der Waals surface area contributed by atoms with Crippen molar-refractivity contribution in [2.45, 2.75) is 45.7 Å². The molecule has 3 heterocycles. The van der Waals surface area contributed by atoms with Crippen molar-refractivity contribution < 1.29 is 19.0 Å². The lowest BCUT2D eigenvalue weighted by Crippen LogP contribution is -2.32. The summed E-state index contributed by atoms with van der Waals surface area (Å²) in [6.07, 6.45) is 6.35. The number of aromatic nitrogens is 2. The number of hydrogen-bond acceptors (Lipinski definition) is 6. The van der Waals surface area contributed by atoms with E-state index in [1.54, 1.807) is 7.11 Å². The van der Waals surface area contributed by atoms with Crippen molar-refractivity contribution in [2.75, 3.05) is 40.0 Å². The molecule has 182 valence electrons. The molecule has 0 spiro atoms. The maximum absolute atomic E-state index is 12.3. The zero-order valence-corrected chi connectivity index (χ0v) is 20.5. The number of pyridine rings is 1. The number of nitrogens with zero attached hydrogens (tertiary/aromatic N) is 3. The molecule has 0 aliphatic carbocycles. The Balaban J connectivity index is 1.43. The second-order valence-corrected chi connectivity index (χ2v) is 8.65. The molecule has 0 saturated carbocycles. The highest BCUT2D eigenvalue weighted by molar-refractivity contribution is 5.92. The number of hydrogen-bond donors (Lipinski definition) is 0. The lowest BCUT2D eigenvalue weighted by atomic mass is 9.89. The third-order valence-electron chi connectivity index (χ3n) is 6.54. The Labute approximate surface area is 201 Å². The average Bonchev–Trinajstić information content (AvgIpc) is 3.23. The molecule has 2 aromatic heterocycles. The molecule has 7 heteroatoms. The van der Waals surface area contributed by atoms with Crippen LogP contribution in [0.4, 0.5) is 0 Å². The van der Waals surface area contributed by atoms with Crippen LogP contribution < -0.4 is 4.74 Å². The molecule has 1 aliphatic rings. The molecule has 3 aromatic rings. The maximum Gasteiger partial charge on any atom is 0.341 e. The van der Waals surface area contributed by atoms with E-state index in [-0.39, 0.29) is 5.97 Å². The van der Waals surface area contributed by atoms with E-state index in [9.17, 15) is 4.79 Å². The summed E-state index contributed by atoms with van der Waals surface area (Å²) in [6, 6.07) is 10.0. The molecular formula is C27H35N3O4. The molecule has 0 atom stereocenters. The van der Waals surface area contributed by atoms with Crippen LogP contribution in [0.2, 0.25) is 0 Å². The van der Waals surface area contributed by atoms with E-state index in [4.69, 9.17) is 14.2 Å². The summed E-state index contributed by atoms with van der Waals surface area (Å²) in [5, 5.41) is 1.26. The van der Waals surface area contributed by atoms with Crippen LogP contribution >= 0.6 is 0 Å². The van der Waals surface area contributed by atoms with Crippen LogP contribution in [0.3, 0.4) is 0 Å². The molecular weight excluding hydrogens is 430 g/mol. The number of esters is 1. The minimum absolute atomic E-state index is 0.339. The van der Waals surface area contributed by atoms with Gasteiger partial charge in [0.1, 0.15) is 17.0 Å². The van der Waals surface area contributed by atoms with Gasteiger partial charge in [-0.15, -0.1) is 0 Å². The number of likely N-dealkylation sites (tertiary alicyclic amines) is 1. The molecule has 1 aliphatic heterocycles. The molecule has 0 unspecified atom stereocenters. The average molecular weight is 466 g/mol. The summed E-state index contributed by atoms with van der Waals surface area (Å²) in [7, 11) is 1.58. The van der Waals surface area contributed by atoms with Crippen molar-refractivity contribution in [3.8, 4) is 5.75 Å². The van der Waals surface area contributed by atoms with Crippen molar-refractivity contribution in [3.63, 3.8) is 0 Å². The molecule has 1 aromatic carbocycles. The summed E-state index contributed by atoms with van der Waals surface area (Å²) in [5.41, 5.74) is 4.03. The van der Waals surface area contributed by atoms with Crippen LogP contribution in [-0.4, -0.2) is 60.4 Å². The summed E-state index contributed by atoms with van der Waals surface area (Å²) in [4.78, 5) is 19.4. The van der Waals surface area contributed by atoms with Crippen molar-refractivity contribution in [1.29, 1.82) is 0 Å². The number of benzene rings is 1. The third kappa shape index (κ3) is 5.42. The van der Waals surface area contributed by atoms with Gasteiger partial charge < -0.3 is 18.8 Å². The highest BCUT2D eigenvalue weighted by Gasteiger charge is 2.24. The van der Waals surface area contributed by atoms with Gasteiger partial charge in [0.05, 0.1) is 20.3 Å². The molecule has 4 rings (SSSR count). The van der Waals surface area contributed by atoms with E-state index < -0.39 is 0 Å². The Morgan fingerprint density at radius 1 is 1.15 bits per heavy atom. The first-order valence-corrected chi connectivity index (χ1v) is 12.2. The molecule has 0 bridgehead atoms. The molecule has 34 heavy (non-hydrogen) atoms. The fourth-order valence-corrected chi connectivity index (χ4v) is 4.83. The molecule has 1 fully saturated rings. The van der Waals surface area contributed by atoms with Crippen LogP contribution in [-0.2, 0) is 22.6 Å². The van der Waals surface area contributed by atoms with Gasteiger partial charge in [-0.3, -0.25) is 4.90 Å². The summed E-state index contributed by atoms with van der Waals surface area (Å²) in [5.74, 6) is 0.728. The number of ether oxygens (including phenoxy) is 3. The third-order valence-corrected chi connectivity index (χ3v) is 6.54. The highest BCUT2D eigenvalue weighted by atomic mass is 16.5. The number of piperidine rings is 1. The number of rotatable bonds is 10. The Kier molecular flexibility index (Phi) is 8.19. The van der Waals surface area contributed by atoms with Gasteiger partial charge >= 0.3 is 5.97 Å². The first-order valence-electron chi connectivity index (χ1n) is 12.2. The molecule has 0 N–H and O–H groups in total. The second kappa shape index (κ2) is 11.5. The van der Waals surface area contributed by atoms with E-state index in [0.717, 1.165) is 56.8 Å². The van der Waals surface area contributed by atoms with Crippen LogP contribution in [0.25, 0.3) is 11.0 Å². The van der Waals surface area contributed by atoms with Gasteiger partial charge in [-0.1, -0.05) is 6.07 Å². The number of fused-ring (bicyclic) bond motifs is 1. The number of methoxy groups -OCH3 is 1. The zero-order valence-electron chi connectivity index (χ0n) is 20.5. The summed E-state index contributed by atoms with van der Waals surface area (Å²) in [6.45, 7) is 9.25. The molecule has 0 amide bonds. The topological polar surface area (TPSA) is 65.8 Å². The predicted octanol–water partition coefficient (Wildman–Crippen LogP) is 4.64. The Hall–Kier alpha value is -2.90. The monoisotopic (exact) mass is 465 g/mol. The van der Waals surface area contributed by atoms with Gasteiger partial charge in [0, 0.05) is 37.5 Å². The van der Waals surface area contributed by atoms with E-state index in [1.807, 2.05) is 44.3 Å². The lowest BCUT2D eigenvalue weighted by molar-refractivity contribution is 0.0522. The van der Waals surface area contributed by atoms with Crippen molar-refractivity contribution >= 4 is 17.0 Å². The fraction of sp³-hybridized carbons (Fsp3) is 0.481. The second-order valence-electron chi connectivity index (χ2n) is 8.65. The molecule has 0 radical (unpaired) electrons. The Bertz CT molecular complexity index is 1100. The highest BCUT2D eigenvalue weighted by Crippen LogP contribution is 2.34. The largest absolute Gasteiger partial charge is 0.496 e. The Morgan fingerprint density at radius 2 is 1.97 bits per heavy atom. The Morgan fingerprint density at radius 3 is 2.71 bits per heavy atom. The van der Waals surface area contributed by atoms with Gasteiger partial charge in [-0.05, 0) is 81.1 Å². The van der Waals surface area contributed by atoms with Gasteiger partial charge in [0.15, 0.2) is 0 Å². The van der Waals surface area contributed by atoms with Gasteiger partial charge in [0.2, 0.25) is 0 Å². The summed E-state index contributed by atoms with van der Waals surface area (Å²) >= 11 is 0. The zero-order chi connectivity index (χ0) is 23.9. The normalized spacial score (nSPS) is 15.0. The van der Waals surface area contributed by atoms with E-state index in [2.05, 4.69) is 26.7 Å². The van der Waals surface area contributed by atoms with Gasteiger partial charge in [-0.2, -0.15) is 0 Å². The van der Waals surface area contributed by atoms with Crippen LogP contribution in [0.1, 0.15) is 54.1 Å². The van der Waals surface area contributed by atoms with E-state index >= 15 is 0 Å². The number of carbonyl (C=O) groups is 1. The van der Waals surface area contributed by atoms with Crippen molar-refractivity contribution in [2.24, 2.45) is 0 Å². The van der Waals surface area contributed by atoms with Crippen LogP contribution in [0, 0.1) is 0 Å². The quantitative estimate of drug-likeness (QED) is 0.321. The minimum Gasteiger partial charge on any atom is -0.496 e. The lowest BCUT2D eigenvalue weighted by Gasteiger charge is -2.32. The molecule has 7 nitrogen and oxygen atoms in total. The SMILES string of the molecule is CCOCCn1cc(C2CCN(Cc3ccc(OC)c(C(=O)OCC)c3)CC2)c2cccnc21. The van der Waals surface area contributed by atoms with E-state index in [0.29, 0.717) is 30.4 Å². The van der Waals surface area contributed by atoms with Crippen molar-refractivity contribution in [3.05, 3.63) is 59.4 Å². The predicted molar refractivity (Wildman–Crippen MR) is 132 cm³/mol. The van der Waals surface area contributed by atoms with Crippen LogP contribution in [0.15, 0.2) is 42.7 Å². The van der Waals surface area contributed by atoms with Gasteiger partial charge in [-0.25, -0.2) is 9.78 Å². The first kappa shape index (κ1) is 24.2. The standard InChI is InChI=1S/C27H35N3O4/c1-4-33-16-15-30-19-24(22-7-6-12-28-26(22)30)21-10-13-29(14-11-21)18-20-8-9-25(32-3)23(17-20)27(31)34-5-2/h6-9,12,17,19,21H,4-5,10-11,13-16,18H2,1-3H3. The maximum atomic E-state index is 12.3.